The van der Waals surface area contributed by atoms with E-state index < -0.39 is 0 Å². The molecule has 0 saturated carbocycles. The maximum Gasteiger partial charge on any atom is 0.119 e. The molecule has 1 aromatic heterocycles. The van der Waals surface area contributed by atoms with E-state index >= 15 is 0 Å². The van der Waals surface area contributed by atoms with Gasteiger partial charge >= 0.3 is 0 Å². The van der Waals surface area contributed by atoms with Crippen molar-refractivity contribution in [3.05, 3.63) is 36.0 Å². The maximum absolute atomic E-state index is 5.26. The molecule has 0 amide bonds. The van der Waals surface area contributed by atoms with Crippen LogP contribution in [0.15, 0.2) is 30.3 Å². The van der Waals surface area contributed by atoms with E-state index in [1.54, 1.807) is 7.11 Å². The highest BCUT2D eigenvalue weighted by atomic mass is 127. The monoisotopic (exact) mass is 455 g/mol. The normalized spacial score (nSPS) is 10.6. The molecule has 3 heteroatoms. The molecular weight excluding hydrogens is 421 g/mol. The number of halogens is 1. The Labute approximate surface area is 170 Å². The molecule has 0 fully saturated rings. The largest absolute Gasteiger partial charge is 0.497 e. The standard InChI is InChI=1S/C22H33NO.HI/c1-3-4-5-6-7-8-9-10-11-12-13-20-15-14-19-18-21(24-2)16-17-22(19)23-20;/h14-18H,3-13H2,1-2H3;1H. The third kappa shape index (κ3) is 8.39. The topological polar surface area (TPSA) is 22.1 Å². The van der Waals surface area contributed by atoms with Crippen LogP contribution in [0.25, 0.3) is 10.9 Å². The molecule has 1 heterocycles. The first-order chi connectivity index (χ1) is 11.8. The van der Waals surface area contributed by atoms with Gasteiger partial charge in [-0.1, -0.05) is 70.8 Å². The number of fused-ring (bicyclic) bond motifs is 1. The number of benzene rings is 1. The fourth-order valence-electron chi connectivity index (χ4n) is 3.21. The SMILES string of the molecule is CCCCCCCCCCCCc1ccc2cc(OC)ccc2n1.I. The van der Waals surface area contributed by atoms with E-state index in [1.807, 2.05) is 12.1 Å². The first kappa shape index (κ1) is 22.2. The predicted octanol–water partition coefficient (Wildman–Crippen LogP) is 7.32. The van der Waals surface area contributed by atoms with Gasteiger partial charge in [0.1, 0.15) is 5.75 Å². The Morgan fingerprint density at radius 1 is 0.800 bits per heavy atom. The predicted molar refractivity (Wildman–Crippen MR) is 119 cm³/mol. The Bertz CT molecular complexity index is 600. The smallest absolute Gasteiger partial charge is 0.119 e. The number of methoxy groups -OCH3 is 1. The molecule has 25 heavy (non-hydrogen) atoms. The summed E-state index contributed by atoms with van der Waals surface area (Å²) < 4.78 is 5.26. The van der Waals surface area contributed by atoms with Crippen LogP contribution >= 0.6 is 24.0 Å². The second-order valence-corrected chi connectivity index (χ2v) is 6.79. The second-order valence-electron chi connectivity index (χ2n) is 6.79. The van der Waals surface area contributed by atoms with E-state index in [1.165, 1.54) is 69.9 Å². The summed E-state index contributed by atoms with van der Waals surface area (Å²) in [5, 5.41) is 1.15. The van der Waals surface area contributed by atoms with Crippen molar-refractivity contribution >= 4 is 34.9 Å². The number of pyridine rings is 1. The average Bonchev–Trinajstić information content (AvgIpc) is 2.62. The summed E-state index contributed by atoms with van der Waals surface area (Å²) in [4.78, 5) is 4.77. The minimum atomic E-state index is 0. The molecule has 0 unspecified atom stereocenters. The van der Waals surface area contributed by atoms with Crippen molar-refractivity contribution in [3.63, 3.8) is 0 Å². The fourth-order valence-corrected chi connectivity index (χ4v) is 3.21. The van der Waals surface area contributed by atoms with Crippen LogP contribution in [0.3, 0.4) is 0 Å². The summed E-state index contributed by atoms with van der Waals surface area (Å²) in [6.07, 6.45) is 14.9. The third-order valence-electron chi connectivity index (χ3n) is 4.74. The summed E-state index contributed by atoms with van der Waals surface area (Å²) >= 11 is 0. The lowest BCUT2D eigenvalue weighted by molar-refractivity contribution is 0.415. The number of nitrogens with zero attached hydrogens (tertiary/aromatic N) is 1. The van der Waals surface area contributed by atoms with Gasteiger partial charge in [-0.2, -0.15) is 0 Å². The number of hydrogen-bond donors (Lipinski definition) is 0. The van der Waals surface area contributed by atoms with Crippen molar-refractivity contribution < 1.29 is 4.74 Å². The van der Waals surface area contributed by atoms with Gasteiger partial charge in [0.2, 0.25) is 0 Å². The molecule has 0 saturated heterocycles. The molecule has 0 atom stereocenters. The quantitative estimate of drug-likeness (QED) is 0.247. The number of unbranched alkanes of at least 4 members (excludes halogenated alkanes) is 9. The van der Waals surface area contributed by atoms with E-state index in [0.717, 1.165) is 23.1 Å². The van der Waals surface area contributed by atoms with Gasteiger partial charge in [-0.25, -0.2) is 0 Å². The van der Waals surface area contributed by atoms with Gasteiger partial charge in [0, 0.05) is 11.1 Å². The number of aryl methyl sites for hydroxylation is 1. The van der Waals surface area contributed by atoms with Crippen LogP contribution in [-0.4, -0.2) is 12.1 Å². The molecule has 0 aliphatic heterocycles. The van der Waals surface area contributed by atoms with E-state index in [2.05, 4.69) is 25.1 Å². The molecule has 1 aromatic carbocycles. The van der Waals surface area contributed by atoms with Crippen LogP contribution in [0.2, 0.25) is 0 Å². The summed E-state index contributed by atoms with van der Waals surface area (Å²) in [5.41, 5.74) is 2.28. The minimum Gasteiger partial charge on any atom is -0.497 e. The van der Waals surface area contributed by atoms with E-state index in [0.29, 0.717) is 0 Å². The van der Waals surface area contributed by atoms with Gasteiger partial charge in [0.25, 0.3) is 0 Å². The lowest BCUT2D eigenvalue weighted by Crippen LogP contribution is -1.92. The maximum atomic E-state index is 5.26. The first-order valence-corrected chi connectivity index (χ1v) is 9.77. The van der Waals surface area contributed by atoms with E-state index in [4.69, 9.17) is 9.72 Å². The number of rotatable bonds is 12. The van der Waals surface area contributed by atoms with Gasteiger partial charge in [-0.05, 0) is 37.1 Å². The van der Waals surface area contributed by atoms with Gasteiger partial charge in [-0.3, -0.25) is 4.98 Å². The molecule has 0 aliphatic carbocycles. The zero-order valence-corrected chi connectivity index (χ0v) is 18.3. The van der Waals surface area contributed by atoms with Crippen molar-refractivity contribution in [1.82, 2.24) is 4.98 Å². The summed E-state index contributed by atoms with van der Waals surface area (Å²) in [5.74, 6) is 0.895. The van der Waals surface area contributed by atoms with Gasteiger partial charge in [0.15, 0.2) is 0 Å². The number of aromatic nitrogens is 1. The van der Waals surface area contributed by atoms with Crippen LogP contribution in [0, 0.1) is 0 Å². The van der Waals surface area contributed by atoms with Gasteiger partial charge in [-0.15, -0.1) is 24.0 Å². The Morgan fingerprint density at radius 3 is 2.08 bits per heavy atom. The van der Waals surface area contributed by atoms with Crippen molar-refractivity contribution in [3.8, 4) is 5.75 Å². The molecule has 0 radical (unpaired) electrons. The molecule has 2 rings (SSSR count). The molecule has 140 valence electrons. The molecule has 0 bridgehead atoms. The Morgan fingerprint density at radius 2 is 1.44 bits per heavy atom. The van der Waals surface area contributed by atoms with Crippen molar-refractivity contribution in [2.75, 3.05) is 7.11 Å². The molecule has 2 aromatic rings. The highest BCUT2D eigenvalue weighted by Crippen LogP contribution is 2.20. The number of ether oxygens (including phenoxy) is 1. The van der Waals surface area contributed by atoms with E-state index in [-0.39, 0.29) is 24.0 Å². The molecule has 0 N–H and O–H groups in total. The number of hydrogen-bond acceptors (Lipinski definition) is 2. The molecular formula is C22H34INO. The van der Waals surface area contributed by atoms with Crippen LogP contribution in [0.1, 0.15) is 76.8 Å². The molecule has 2 nitrogen and oxygen atoms in total. The third-order valence-corrected chi connectivity index (χ3v) is 4.74. The van der Waals surface area contributed by atoms with Crippen LogP contribution in [-0.2, 0) is 6.42 Å². The van der Waals surface area contributed by atoms with Crippen LogP contribution in [0.4, 0.5) is 0 Å². The van der Waals surface area contributed by atoms with Crippen molar-refractivity contribution in [1.29, 1.82) is 0 Å². The van der Waals surface area contributed by atoms with Crippen LogP contribution < -0.4 is 4.74 Å². The van der Waals surface area contributed by atoms with Gasteiger partial charge in [0.05, 0.1) is 12.6 Å². The zero-order valence-electron chi connectivity index (χ0n) is 15.9. The van der Waals surface area contributed by atoms with Crippen molar-refractivity contribution in [2.24, 2.45) is 0 Å². The highest BCUT2D eigenvalue weighted by Gasteiger charge is 2.01. The average molecular weight is 455 g/mol. The van der Waals surface area contributed by atoms with E-state index in [9.17, 15) is 0 Å². The Hall–Kier alpha value is -0.840. The Balaban J connectivity index is 0.00000312. The fraction of sp³-hybridized carbons (Fsp3) is 0.591. The highest BCUT2D eigenvalue weighted by molar-refractivity contribution is 14.0. The van der Waals surface area contributed by atoms with Crippen LogP contribution in [0.5, 0.6) is 5.75 Å². The summed E-state index contributed by atoms with van der Waals surface area (Å²) in [7, 11) is 1.70. The summed E-state index contributed by atoms with van der Waals surface area (Å²) in [6.45, 7) is 2.28. The van der Waals surface area contributed by atoms with Crippen molar-refractivity contribution in [2.45, 2.75) is 77.6 Å². The molecule has 0 spiro atoms. The second kappa shape index (κ2) is 13.4. The summed E-state index contributed by atoms with van der Waals surface area (Å²) in [6, 6.07) is 10.4. The zero-order chi connectivity index (χ0) is 17.0. The Kier molecular flexibility index (Phi) is 11.9. The minimum absolute atomic E-state index is 0. The molecule has 0 aliphatic rings. The lowest BCUT2D eigenvalue weighted by atomic mass is 10.0. The lowest BCUT2D eigenvalue weighted by Gasteiger charge is -2.05. The van der Waals surface area contributed by atoms with Gasteiger partial charge < -0.3 is 4.74 Å². The first-order valence-electron chi connectivity index (χ1n) is 9.77.